The van der Waals surface area contributed by atoms with Crippen molar-refractivity contribution in [3.8, 4) is 0 Å². The number of hydrogen-bond donors (Lipinski definition) is 2. The number of rotatable bonds is 1. The molecule has 2 unspecified atom stereocenters. The minimum absolute atomic E-state index is 0.183. The van der Waals surface area contributed by atoms with E-state index >= 15 is 0 Å². The summed E-state index contributed by atoms with van der Waals surface area (Å²) in [6, 6.07) is 0. The molecule has 0 radical (unpaired) electrons. The van der Waals surface area contributed by atoms with Gasteiger partial charge in [-0.1, -0.05) is 12.2 Å². The third kappa shape index (κ3) is 0.915. The maximum absolute atomic E-state index is 9.64. The molecule has 0 heterocycles. The Morgan fingerprint density at radius 2 is 2.27 bits per heavy atom. The Bertz CT molecular complexity index is 207. The first-order valence-corrected chi connectivity index (χ1v) is 6.57. The van der Waals surface area contributed by atoms with Crippen LogP contribution in [0, 0.1) is 5.92 Å². The van der Waals surface area contributed by atoms with E-state index in [1.807, 2.05) is 6.08 Å². The largest absolute Gasteiger partial charge is 0.410 e. The molecule has 2 aliphatic carbocycles. The molecule has 11 heavy (non-hydrogen) atoms. The van der Waals surface area contributed by atoms with Crippen LogP contribution >= 0.6 is 0 Å². The van der Waals surface area contributed by atoms with E-state index in [0.29, 0.717) is 5.92 Å². The van der Waals surface area contributed by atoms with Gasteiger partial charge in [0.2, 0.25) is 0 Å². The van der Waals surface area contributed by atoms with Crippen LogP contribution in [0.3, 0.4) is 0 Å². The van der Waals surface area contributed by atoms with Gasteiger partial charge in [-0.3, -0.25) is 0 Å². The third-order valence-electron chi connectivity index (χ3n) is 3.22. The zero-order chi connectivity index (χ0) is 8.11. The van der Waals surface area contributed by atoms with E-state index in [9.17, 15) is 9.59 Å². The molecule has 0 spiro atoms. The van der Waals surface area contributed by atoms with Gasteiger partial charge in [0, 0.05) is 5.04 Å². The Balaban J connectivity index is 2.31. The first-order valence-electron chi connectivity index (χ1n) is 4.18. The molecule has 1 fully saturated rings. The lowest BCUT2D eigenvalue weighted by molar-refractivity contribution is 0.324. The zero-order valence-corrected chi connectivity index (χ0v) is 7.75. The second kappa shape index (κ2) is 1.97. The average Bonchev–Trinajstić information content (AvgIpc) is 2.42. The van der Waals surface area contributed by atoms with Crippen molar-refractivity contribution in [3.63, 3.8) is 0 Å². The second-order valence-electron chi connectivity index (χ2n) is 4.04. The summed E-state index contributed by atoms with van der Waals surface area (Å²) in [5.74, 6) is 0.640. The molecule has 2 bridgehead atoms. The molecule has 2 nitrogen and oxygen atoms in total. The van der Waals surface area contributed by atoms with Crippen molar-refractivity contribution < 1.29 is 9.59 Å². The zero-order valence-electron chi connectivity index (χ0n) is 6.75. The first kappa shape index (κ1) is 7.52. The fourth-order valence-electron chi connectivity index (χ4n) is 2.34. The highest BCUT2D eigenvalue weighted by molar-refractivity contribution is 6.67. The summed E-state index contributed by atoms with van der Waals surface area (Å²) in [5, 5.41) is -0.183. The van der Waals surface area contributed by atoms with Gasteiger partial charge in [0.1, 0.15) is 0 Å². The van der Waals surface area contributed by atoms with Crippen LogP contribution < -0.4 is 0 Å². The Morgan fingerprint density at radius 3 is 2.45 bits per heavy atom. The van der Waals surface area contributed by atoms with Crippen molar-refractivity contribution in [1.29, 1.82) is 0 Å². The molecule has 3 heteroatoms. The lowest BCUT2D eigenvalue weighted by atomic mass is 10.1. The van der Waals surface area contributed by atoms with Crippen LogP contribution in [-0.2, 0) is 0 Å². The van der Waals surface area contributed by atoms with E-state index in [4.69, 9.17) is 0 Å². The molecule has 0 aromatic heterocycles. The van der Waals surface area contributed by atoms with E-state index in [0.717, 1.165) is 19.3 Å². The van der Waals surface area contributed by atoms with Crippen LogP contribution in [0.25, 0.3) is 0 Å². The molecule has 2 aliphatic rings. The maximum Gasteiger partial charge on any atom is 0.339 e. The van der Waals surface area contributed by atoms with Gasteiger partial charge in [-0.05, 0) is 31.7 Å². The molecule has 2 N–H and O–H groups in total. The van der Waals surface area contributed by atoms with Gasteiger partial charge in [-0.2, -0.15) is 0 Å². The van der Waals surface area contributed by atoms with Gasteiger partial charge >= 0.3 is 8.56 Å². The van der Waals surface area contributed by atoms with Crippen LogP contribution in [-0.4, -0.2) is 18.2 Å². The smallest absolute Gasteiger partial charge is 0.339 e. The normalized spacial score (nSPS) is 41.9. The molecule has 0 aliphatic heterocycles. The Morgan fingerprint density at radius 1 is 1.55 bits per heavy atom. The van der Waals surface area contributed by atoms with E-state index in [-0.39, 0.29) is 5.04 Å². The van der Waals surface area contributed by atoms with Gasteiger partial charge in [-0.25, -0.2) is 0 Å². The minimum atomic E-state index is -2.92. The molecule has 1 saturated carbocycles. The molecule has 0 aromatic carbocycles. The van der Waals surface area contributed by atoms with E-state index in [1.54, 1.807) is 6.55 Å². The second-order valence-corrected chi connectivity index (χ2v) is 7.08. The molecule has 0 saturated heterocycles. The fraction of sp³-hybridized carbons (Fsp3) is 0.750. The van der Waals surface area contributed by atoms with Crippen LogP contribution in [0.4, 0.5) is 0 Å². The first-order chi connectivity index (χ1) is 5.04. The molecular formula is C8H14O2Si. The molecule has 2 atom stereocenters. The van der Waals surface area contributed by atoms with E-state index in [1.165, 1.54) is 0 Å². The summed E-state index contributed by atoms with van der Waals surface area (Å²) < 4.78 is 0. The van der Waals surface area contributed by atoms with Gasteiger partial charge in [0.05, 0.1) is 0 Å². The summed E-state index contributed by atoms with van der Waals surface area (Å²) in [7, 11) is -2.92. The van der Waals surface area contributed by atoms with Crippen molar-refractivity contribution in [2.24, 2.45) is 5.92 Å². The summed E-state index contributed by atoms with van der Waals surface area (Å²) in [6.07, 6.45) is 7.33. The highest BCUT2D eigenvalue weighted by atomic mass is 28.4. The predicted molar refractivity (Wildman–Crippen MR) is 45.2 cm³/mol. The van der Waals surface area contributed by atoms with E-state index < -0.39 is 8.56 Å². The molecule has 0 aromatic rings. The molecule has 0 amide bonds. The SMILES string of the molecule is C[Si](O)(O)C12C=CC(CC1)C2. The van der Waals surface area contributed by atoms with Crippen LogP contribution in [0.1, 0.15) is 19.3 Å². The summed E-state index contributed by atoms with van der Waals surface area (Å²) in [4.78, 5) is 19.3. The standard InChI is InChI=1S/C8H14O2Si/c1-11(9,10)8-4-2-7(6-8)3-5-8/h2,4,7,9-10H,3,5-6H2,1H3. The number of allylic oxidation sites excluding steroid dienone is 2. The van der Waals surface area contributed by atoms with Gasteiger partial charge in [0.25, 0.3) is 0 Å². The minimum Gasteiger partial charge on any atom is -0.410 e. The Hall–Kier alpha value is -0.123. The van der Waals surface area contributed by atoms with Gasteiger partial charge < -0.3 is 9.59 Å². The molecule has 62 valence electrons. The monoisotopic (exact) mass is 170 g/mol. The Labute approximate surface area is 67.8 Å². The Kier molecular flexibility index (Phi) is 1.35. The van der Waals surface area contributed by atoms with Crippen molar-refractivity contribution >= 4 is 8.56 Å². The van der Waals surface area contributed by atoms with Crippen molar-refractivity contribution in [2.45, 2.75) is 30.8 Å². The molecule has 2 rings (SSSR count). The lowest BCUT2D eigenvalue weighted by Gasteiger charge is -2.31. The van der Waals surface area contributed by atoms with Crippen LogP contribution in [0.2, 0.25) is 11.6 Å². The average molecular weight is 170 g/mol. The van der Waals surface area contributed by atoms with Crippen LogP contribution in [0.5, 0.6) is 0 Å². The summed E-state index contributed by atoms with van der Waals surface area (Å²) >= 11 is 0. The van der Waals surface area contributed by atoms with Gasteiger partial charge in [-0.15, -0.1) is 0 Å². The van der Waals surface area contributed by atoms with Gasteiger partial charge in [0.15, 0.2) is 0 Å². The summed E-state index contributed by atoms with van der Waals surface area (Å²) in [5.41, 5.74) is 0. The highest BCUT2D eigenvalue weighted by Crippen LogP contribution is 2.58. The van der Waals surface area contributed by atoms with Crippen molar-refractivity contribution in [2.75, 3.05) is 0 Å². The van der Waals surface area contributed by atoms with E-state index in [2.05, 4.69) is 6.08 Å². The van der Waals surface area contributed by atoms with Crippen molar-refractivity contribution in [1.82, 2.24) is 0 Å². The summed E-state index contributed by atoms with van der Waals surface area (Å²) in [6.45, 7) is 1.63. The third-order valence-corrected chi connectivity index (χ3v) is 5.73. The lowest BCUT2D eigenvalue weighted by Crippen LogP contribution is -2.43. The maximum atomic E-state index is 9.64. The topological polar surface area (TPSA) is 40.5 Å². The van der Waals surface area contributed by atoms with Crippen LogP contribution in [0.15, 0.2) is 12.2 Å². The fourth-order valence-corrected chi connectivity index (χ4v) is 4.02. The quantitative estimate of drug-likeness (QED) is 0.458. The predicted octanol–water partition coefficient (Wildman–Crippen LogP) is 1.15. The van der Waals surface area contributed by atoms with Crippen molar-refractivity contribution in [3.05, 3.63) is 12.2 Å². The molecular weight excluding hydrogens is 156 g/mol. The number of fused-ring (bicyclic) bond motifs is 2. The highest BCUT2D eigenvalue weighted by Gasteiger charge is 2.54. The number of hydrogen-bond acceptors (Lipinski definition) is 2.